The van der Waals surface area contributed by atoms with Crippen LogP contribution in [-0.2, 0) is 24.2 Å². The first-order chi connectivity index (χ1) is 13.6. The molecule has 1 atom stereocenters. The number of aryl methyl sites for hydroxylation is 1. The number of amides is 1. The highest BCUT2D eigenvalue weighted by molar-refractivity contribution is 7.19. The Balaban J connectivity index is 1.54. The normalized spacial score (nSPS) is 20.5. The van der Waals surface area contributed by atoms with Crippen molar-refractivity contribution >= 4 is 33.1 Å². The van der Waals surface area contributed by atoms with Crippen LogP contribution in [0.15, 0.2) is 11.1 Å². The van der Waals surface area contributed by atoms with Crippen LogP contribution in [0.3, 0.4) is 0 Å². The van der Waals surface area contributed by atoms with Gasteiger partial charge in [0.15, 0.2) is 5.65 Å². The van der Waals surface area contributed by atoms with Crippen LogP contribution in [0, 0.1) is 5.92 Å². The van der Waals surface area contributed by atoms with Crippen molar-refractivity contribution < 1.29 is 4.79 Å². The van der Waals surface area contributed by atoms with Crippen molar-refractivity contribution in [3.05, 3.63) is 27.3 Å². The van der Waals surface area contributed by atoms with Crippen molar-refractivity contribution in [2.24, 2.45) is 5.92 Å². The molecule has 0 bridgehead atoms. The average molecular weight is 400 g/mol. The van der Waals surface area contributed by atoms with Crippen molar-refractivity contribution in [1.29, 1.82) is 0 Å². The van der Waals surface area contributed by atoms with Gasteiger partial charge in [-0.3, -0.25) is 4.79 Å². The van der Waals surface area contributed by atoms with Gasteiger partial charge in [-0.15, -0.1) is 16.4 Å². The fourth-order valence-corrected chi connectivity index (χ4v) is 5.86. The molecule has 0 aromatic carbocycles. The maximum atomic E-state index is 12.9. The van der Waals surface area contributed by atoms with Gasteiger partial charge in [-0.05, 0) is 43.6 Å². The molecule has 4 heterocycles. The molecule has 1 amide bonds. The predicted octanol–water partition coefficient (Wildman–Crippen LogP) is 2.63. The molecule has 0 N–H and O–H groups in total. The Morgan fingerprint density at radius 2 is 2.04 bits per heavy atom. The smallest absolute Gasteiger partial charge is 0.341 e. The number of hydrogen-bond donors (Lipinski definition) is 0. The Bertz CT molecular complexity index is 1100. The Morgan fingerprint density at radius 3 is 2.82 bits per heavy atom. The third-order valence-electron chi connectivity index (χ3n) is 6.12. The molecule has 0 radical (unpaired) electrons. The minimum absolute atomic E-state index is 0.00533. The number of likely N-dealkylation sites (tertiary alicyclic amines) is 1. The SMILES string of the molecule is CC1CCc2c(sc3ncn4c(=O)n(CC(=O)N5CCCCCC5)nc4c23)C1. The topological polar surface area (TPSA) is 72.5 Å². The van der Waals surface area contributed by atoms with Crippen LogP contribution in [-0.4, -0.2) is 43.1 Å². The standard InChI is InChI=1S/C20H25N5O2S/c1-13-6-7-14-15(10-13)28-19-17(14)18-22-25(20(27)24(18)12-21-19)11-16(26)23-8-4-2-3-5-9-23/h12-13H,2-11H2,1H3. The second kappa shape index (κ2) is 6.99. The molecule has 1 fully saturated rings. The summed E-state index contributed by atoms with van der Waals surface area (Å²) in [4.78, 5) is 34.3. The number of rotatable bonds is 2. The van der Waals surface area contributed by atoms with Gasteiger partial charge in [0, 0.05) is 18.0 Å². The molecule has 5 rings (SSSR count). The Morgan fingerprint density at radius 1 is 1.25 bits per heavy atom. The summed E-state index contributed by atoms with van der Waals surface area (Å²) < 4.78 is 2.82. The van der Waals surface area contributed by atoms with E-state index in [1.807, 2.05) is 4.90 Å². The van der Waals surface area contributed by atoms with Crippen molar-refractivity contribution in [3.8, 4) is 0 Å². The summed E-state index contributed by atoms with van der Waals surface area (Å²) in [7, 11) is 0. The fraction of sp³-hybridized carbons (Fsp3) is 0.600. The molecule has 28 heavy (non-hydrogen) atoms. The van der Waals surface area contributed by atoms with Crippen LogP contribution in [0.25, 0.3) is 15.9 Å². The van der Waals surface area contributed by atoms with Crippen molar-refractivity contribution in [1.82, 2.24) is 24.1 Å². The van der Waals surface area contributed by atoms with Crippen LogP contribution < -0.4 is 5.69 Å². The third-order valence-corrected chi connectivity index (χ3v) is 7.28. The molecule has 7 nitrogen and oxygen atoms in total. The number of aromatic nitrogens is 4. The van der Waals surface area contributed by atoms with Crippen LogP contribution >= 0.6 is 11.3 Å². The lowest BCUT2D eigenvalue weighted by Crippen LogP contribution is -2.37. The van der Waals surface area contributed by atoms with E-state index in [2.05, 4.69) is 17.0 Å². The Kier molecular flexibility index (Phi) is 4.45. The second-order valence-electron chi connectivity index (χ2n) is 8.21. The van der Waals surface area contributed by atoms with Gasteiger partial charge in [0.25, 0.3) is 0 Å². The predicted molar refractivity (Wildman–Crippen MR) is 109 cm³/mol. The third kappa shape index (κ3) is 2.94. The lowest BCUT2D eigenvalue weighted by Gasteiger charge is -2.19. The highest BCUT2D eigenvalue weighted by atomic mass is 32.1. The summed E-state index contributed by atoms with van der Waals surface area (Å²) in [6.07, 6.45) is 9.20. The summed E-state index contributed by atoms with van der Waals surface area (Å²) >= 11 is 1.72. The molecule has 148 valence electrons. The largest absolute Gasteiger partial charge is 0.352 e. The molecule has 0 saturated carbocycles. The van der Waals surface area contributed by atoms with Gasteiger partial charge in [0.1, 0.15) is 17.7 Å². The van der Waals surface area contributed by atoms with Gasteiger partial charge >= 0.3 is 5.69 Å². The molecule has 1 aliphatic heterocycles. The summed E-state index contributed by atoms with van der Waals surface area (Å²) in [5.74, 6) is 0.667. The molecule has 2 aliphatic rings. The zero-order valence-corrected chi connectivity index (χ0v) is 17.0. The van der Waals surface area contributed by atoms with Gasteiger partial charge in [-0.1, -0.05) is 19.8 Å². The minimum atomic E-state index is -0.281. The fourth-order valence-electron chi connectivity index (χ4n) is 4.51. The molecule has 0 spiro atoms. The van der Waals surface area contributed by atoms with Crippen LogP contribution in [0.4, 0.5) is 0 Å². The van der Waals surface area contributed by atoms with Crippen molar-refractivity contribution in [3.63, 3.8) is 0 Å². The second-order valence-corrected chi connectivity index (χ2v) is 9.29. The number of carbonyl (C=O) groups excluding carboxylic acids is 1. The van der Waals surface area contributed by atoms with E-state index < -0.39 is 0 Å². The first-order valence-corrected chi connectivity index (χ1v) is 11.1. The Labute approximate surface area is 167 Å². The van der Waals surface area contributed by atoms with E-state index in [9.17, 15) is 9.59 Å². The van der Waals surface area contributed by atoms with E-state index in [1.165, 1.54) is 32.4 Å². The zero-order valence-electron chi connectivity index (χ0n) is 16.2. The van der Waals surface area contributed by atoms with E-state index in [0.717, 1.165) is 55.4 Å². The van der Waals surface area contributed by atoms with Gasteiger partial charge in [-0.2, -0.15) is 0 Å². The van der Waals surface area contributed by atoms with E-state index in [-0.39, 0.29) is 18.1 Å². The van der Waals surface area contributed by atoms with Crippen LogP contribution in [0.2, 0.25) is 0 Å². The maximum absolute atomic E-state index is 12.9. The molecule has 1 aliphatic carbocycles. The highest BCUT2D eigenvalue weighted by Gasteiger charge is 2.25. The van der Waals surface area contributed by atoms with Crippen LogP contribution in [0.1, 0.15) is 49.5 Å². The van der Waals surface area contributed by atoms with Gasteiger partial charge in [-0.25, -0.2) is 18.9 Å². The zero-order chi connectivity index (χ0) is 19.3. The van der Waals surface area contributed by atoms with Crippen molar-refractivity contribution in [2.75, 3.05) is 13.1 Å². The van der Waals surface area contributed by atoms with E-state index >= 15 is 0 Å². The Hall–Kier alpha value is -2.22. The van der Waals surface area contributed by atoms with E-state index in [4.69, 9.17) is 0 Å². The summed E-state index contributed by atoms with van der Waals surface area (Å²) in [5.41, 5.74) is 1.66. The maximum Gasteiger partial charge on any atom is 0.352 e. The lowest BCUT2D eigenvalue weighted by molar-refractivity contribution is -0.132. The average Bonchev–Trinajstić information content (AvgIpc) is 3.04. The van der Waals surface area contributed by atoms with Gasteiger partial charge < -0.3 is 4.90 Å². The quantitative estimate of drug-likeness (QED) is 0.664. The molecular formula is C20H25N5O2S. The highest BCUT2D eigenvalue weighted by Crippen LogP contribution is 2.38. The number of fused-ring (bicyclic) bond motifs is 5. The number of nitrogens with zero attached hydrogens (tertiary/aromatic N) is 5. The van der Waals surface area contributed by atoms with Crippen molar-refractivity contribution in [2.45, 2.75) is 58.4 Å². The minimum Gasteiger partial charge on any atom is -0.341 e. The first kappa shape index (κ1) is 17.8. The molecule has 3 aromatic heterocycles. The lowest BCUT2D eigenvalue weighted by atomic mass is 9.89. The number of thiophene rings is 1. The molecule has 1 saturated heterocycles. The van der Waals surface area contributed by atoms with E-state index in [1.54, 1.807) is 17.7 Å². The summed E-state index contributed by atoms with van der Waals surface area (Å²) in [5, 5.41) is 5.59. The molecule has 3 aromatic rings. The molecular weight excluding hydrogens is 374 g/mol. The number of hydrogen-bond acceptors (Lipinski definition) is 5. The van der Waals surface area contributed by atoms with Gasteiger partial charge in [0.05, 0.1) is 5.39 Å². The number of carbonyl (C=O) groups is 1. The monoisotopic (exact) mass is 399 g/mol. The molecule has 8 heteroatoms. The summed E-state index contributed by atoms with van der Waals surface area (Å²) in [6, 6.07) is 0. The summed E-state index contributed by atoms with van der Waals surface area (Å²) in [6.45, 7) is 3.85. The molecule has 1 unspecified atom stereocenters. The van der Waals surface area contributed by atoms with Crippen LogP contribution in [0.5, 0.6) is 0 Å². The van der Waals surface area contributed by atoms with Gasteiger partial charge in [0.2, 0.25) is 5.91 Å². The first-order valence-electron chi connectivity index (χ1n) is 10.3. The van der Waals surface area contributed by atoms with E-state index in [0.29, 0.717) is 11.6 Å².